The smallest absolute Gasteiger partial charge is 0.267 e. The van der Waals surface area contributed by atoms with Gasteiger partial charge < -0.3 is 0 Å². The van der Waals surface area contributed by atoms with E-state index in [1.165, 1.54) is 0 Å². The van der Waals surface area contributed by atoms with Crippen LogP contribution in [0.5, 0.6) is 0 Å². The molecular formula is C10H22O3S2. The highest BCUT2D eigenvalue weighted by Crippen LogP contribution is 2.23. The molecule has 92 valence electrons. The summed E-state index contributed by atoms with van der Waals surface area (Å²) in [6, 6.07) is 0. The maximum absolute atomic E-state index is 11.3. The molecule has 0 spiro atoms. The van der Waals surface area contributed by atoms with Crippen molar-refractivity contribution in [3.8, 4) is 0 Å². The van der Waals surface area contributed by atoms with E-state index in [9.17, 15) is 8.42 Å². The second kappa shape index (κ2) is 6.11. The zero-order valence-electron chi connectivity index (χ0n) is 10.2. The van der Waals surface area contributed by atoms with Crippen LogP contribution in [0.4, 0.5) is 0 Å². The molecule has 0 aromatic heterocycles. The summed E-state index contributed by atoms with van der Waals surface area (Å²) in [5, 5.41) is 0. The van der Waals surface area contributed by atoms with Crippen LogP contribution >= 0.6 is 11.8 Å². The molecule has 0 aliphatic rings. The van der Waals surface area contributed by atoms with Gasteiger partial charge in [-0.05, 0) is 26.0 Å². The average Bonchev–Trinajstić information content (AvgIpc) is 1.93. The van der Waals surface area contributed by atoms with E-state index in [1.54, 1.807) is 25.6 Å². The van der Waals surface area contributed by atoms with Crippen molar-refractivity contribution in [2.24, 2.45) is 0 Å². The molecule has 0 rings (SSSR count). The minimum Gasteiger partial charge on any atom is -0.267 e. The highest BCUT2D eigenvalue weighted by atomic mass is 32.2. The highest BCUT2D eigenvalue weighted by Gasteiger charge is 2.15. The number of rotatable bonds is 6. The predicted molar refractivity (Wildman–Crippen MR) is 66.8 cm³/mol. The number of hydrogen-bond acceptors (Lipinski definition) is 4. The van der Waals surface area contributed by atoms with Gasteiger partial charge in [0, 0.05) is 4.75 Å². The highest BCUT2D eigenvalue weighted by molar-refractivity contribution is 8.00. The molecule has 0 N–H and O–H groups in total. The molecule has 0 radical (unpaired) electrons. The van der Waals surface area contributed by atoms with Crippen LogP contribution in [0.1, 0.15) is 41.0 Å². The number of hydrogen-bond donors (Lipinski definition) is 0. The molecule has 15 heavy (non-hydrogen) atoms. The molecule has 0 saturated carbocycles. The van der Waals surface area contributed by atoms with Crippen molar-refractivity contribution in [3.63, 3.8) is 0 Å². The van der Waals surface area contributed by atoms with Crippen molar-refractivity contribution in [1.29, 1.82) is 0 Å². The quantitative estimate of drug-likeness (QED) is 0.540. The molecule has 0 aromatic carbocycles. The standard InChI is InChI=1S/C10H22O3S2/c1-9(2)13-15(11,12)8-6-7-14-10(3,4)5/h9H,6-8H2,1-5H3. The number of thioether (sulfide) groups is 1. The predicted octanol–water partition coefficient (Wildman–Crippen LogP) is 2.66. The van der Waals surface area contributed by atoms with Crippen molar-refractivity contribution in [3.05, 3.63) is 0 Å². The van der Waals surface area contributed by atoms with Gasteiger partial charge in [-0.2, -0.15) is 20.2 Å². The lowest BCUT2D eigenvalue weighted by Gasteiger charge is -2.17. The Morgan fingerprint density at radius 1 is 1.27 bits per heavy atom. The van der Waals surface area contributed by atoms with Crippen LogP contribution in [-0.2, 0) is 14.3 Å². The molecule has 0 aromatic rings. The van der Waals surface area contributed by atoms with Crippen molar-refractivity contribution < 1.29 is 12.6 Å². The summed E-state index contributed by atoms with van der Waals surface area (Å²) in [6.07, 6.45) is 0.391. The molecule has 0 aliphatic heterocycles. The fourth-order valence-electron chi connectivity index (χ4n) is 0.955. The second-order valence-electron chi connectivity index (χ2n) is 4.72. The van der Waals surface area contributed by atoms with E-state index in [0.29, 0.717) is 6.42 Å². The lowest BCUT2D eigenvalue weighted by atomic mass is 10.3. The third kappa shape index (κ3) is 10.5. The van der Waals surface area contributed by atoms with Crippen LogP contribution in [0.15, 0.2) is 0 Å². The van der Waals surface area contributed by atoms with E-state index in [2.05, 4.69) is 20.8 Å². The Morgan fingerprint density at radius 2 is 1.80 bits per heavy atom. The van der Waals surface area contributed by atoms with E-state index in [1.807, 2.05) is 0 Å². The maximum Gasteiger partial charge on any atom is 0.267 e. The van der Waals surface area contributed by atoms with Gasteiger partial charge in [-0.25, -0.2) is 0 Å². The van der Waals surface area contributed by atoms with Gasteiger partial charge in [0.05, 0.1) is 11.9 Å². The van der Waals surface area contributed by atoms with Crippen molar-refractivity contribution >= 4 is 21.9 Å². The molecule has 0 unspecified atom stereocenters. The third-order valence-electron chi connectivity index (χ3n) is 1.41. The van der Waals surface area contributed by atoms with E-state index in [-0.39, 0.29) is 16.6 Å². The van der Waals surface area contributed by atoms with E-state index in [0.717, 1.165) is 5.75 Å². The van der Waals surface area contributed by atoms with Gasteiger partial charge in [-0.15, -0.1) is 0 Å². The Morgan fingerprint density at radius 3 is 2.20 bits per heavy atom. The zero-order chi connectivity index (χ0) is 12.1. The summed E-state index contributed by atoms with van der Waals surface area (Å²) in [5.74, 6) is 0.971. The topological polar surface area (TPSA) is 43.4 Å². The van der Waals surface area contributed by atoms with Gasteiger partial charge in [0.25, 0.3) is 10.1 Å². The Bertz CT molecular complexity index is 263. The molecule has 3 nitrogen and oxygen atoms in total. The Labute approximate surface area is 98.1 Å². The molecule has 0 fully saturated rings. The van der Waals surface area contributed by atoms with Crippen molar-refractivity contribution in [2.45, 2.75) is 51.9 Å². The lowest BCUT2D eigenvalue weighted by Crippen LogP contribution is -2.17. The first-order chi connectivity index (χ1) is 6.62. The molecular weight excluding hydrogens is 232 g/mol. The summed E-state index contributed by atoms with van der Waals surface area (Å²) in [5.41, 5.74) is 0. The fourth-order valence-corrected chi connectivity index (χ4v) is 3.22. The first-order valence-corrected chi connectivity index (χ1v) is 7.73. The molecule has 0 saturated heterocycles. The van der Waals surface area contributed by atoms with Crippen molar-refractivity contribution in [2.75, 3.05) is 11.5 Å². The van der Waals surface area contributed by atoms with Crippen LogP contribution in [0.2, 0.25) is 0 Å². The van der Waals surface area contributed by atoms with Crippen LogP contribution < -0.4 is 0 Å². The van der Waals surface area contributed by atoms with Gasteiger partial charge in [-0.1, -0.05) is 20.8 Å². The average molecular weight is 254 g/mol. The maximum atomic E-state index is 11.3. The Balaban J connectivity index is 3.77. The van der Waals surface area contributed by atoms with Gasteiger partial charge >= 0.3 is 0 Å². The van der Waals surface area contributed by atoms with E-state index < -0.39 is 10.1 Å². The van der Waals surface area contributed by atoms with Gasteiger partial charge in [0.15, 0.2) is 0 Å². The fraction of sp³-hybridized carbons (Fsp3) is 1.00. The van der Waals surface area contributed by atoms with Crippen LogP contribution in [0.25, 0.3) is 0 Å². The van der Waals surface area contributed by atoms with Gasteiger partial charge in [-0.3, -0.25) is 4.18 Å². The lowest BCUT2D eigenvalue weighted by molar-refractivity contribution is 0.249. The third-order valence-corrected chi connectivity index (χ3v) is 4.24. The van der Waals surface area contributed by atoms with Gasteiger partial charge in [0.1, 0.15) is 0 Å². The monoisotopic (exact) mass is 254 g/mol. The minimum atomic E-state index is -3.31. The van der Waals surface area contributed by atoms with Gasteiger partial charge in [0.2, 0.25) is 0 Å². The van der Waals surface area contributed by atoms with Crippen molar-refractivity contribution in [1.82, 2.24) is 0 Å². The van der Waals surface area contributed by atoms with E-state index in [4.69, 9.17) is 4.18 Å². The summed E-state index contributed by atoms with van der Waals surface area (Å²) in [4.78, 5) is 0. The second-order valence-corrected chi connectivity index (χ2v) is 8.36. The minimum absolute atomic E-state index is 0.119. The van der Waals surface area contributed by atoms with E-state index >= 15 is 0 Å². The Kier molecular flexibility index (Phi) is 6.21. The summed E-state index contributed by atoms with van der Waals surface area (Å²) >= 11 is 1.77. The normalized spacial score (nSPS) is 13.5. The zero-order valence-corrected chi connectivity index (χ0v) is 11.9. The molecule has 0 bridgehead atoms. The summed E-state index contributed by atoms with van der Waals surface area (Å²) in [7, 11) is -3.31. The first kappa shape index (κ1) is 15.3. The Hall–Kier alpha value is 0.260. The molecule has 5 heteroatoms. The van der Waals surface area contributed by atoms with Crippen LogP contribution in [0, 0.1) is 0 Å². The summed E-state index contributed by atoms with van der Waals surface area (Å²) < 4.78 is 27.7. The molecule has 0 heterocycles. The molecule has 0 aliphatic carbocycles. The summed E-state index contributed by atoms with van der Waals surface area (Å²) in [6.45, 7) is 9.81. The molecule has 0 atom stereocenters. The molecule has 0 amide bonds. The largest absolute Gasteiger partial charge is 0.267 e. The SMILES string of the molecule is CC(C)OS(=O)(=O)CCCSC(C)(C)C. The van der Waals surface area contributed by atoms with Crippen LogP contribution in [-0.4, -0.2) is 30.8 Å². The van der Waals surface area contributed by atoms with Crippen LogP contribution in [0.3, 0.4) is 0 Å². The first-order valence-electron chi connectivity index (χ1n) is 5.17.